The van der Waals surface area contributed by atoms with Crippen molar-refractivity contribution in [2.45, 2.75) is 52.5 Å². The Kier molecular flexibility index (Phi) is 5.89. The number of hydrogen-bond acceptors (Lipinski definition) is 5. The molecule has 0 aliphatic carbocycles. The van der Waals surface area contributed by atoms with E-state index in [9.17, 15) is 4.79 Å². The lowest BCUT2D eigenvalue weighted by Gasteiger charge is -2.18. The first-order valence-electron chi connectivity index (χ1n) is 11.2. The Labute approximate surface area is 193 Å². The lowest BCUT2D eigenvalue weighted by Crippen LogP contribution is -2.32. The molecule has 33 heavy (non-hydrogen) atoms. The van der Waals surface area contributed by atoms with Crippen LogP contribution >= 0.6 is 0 Å². The van der Waals surface area contributed by atoms with Crippen LogP contribution in [0.4, 0.5) is 5.82 Å². The molecule has 0 radical (unpaired) electrons. The summed E-state index contributed by atoms with van der Waals surface area (Å²) in [6, 6.07) is 15.8. The Morgan fingerprint density at radius 1 is 1.12 bits per heavy atom. The Bertz CT molecular complexity index is 1350. The maximum absolute atomic E-state index is 13.1. The van der Waals surface area contributed by atoms with Gasteiger partial charge in [0.1, 0.15) is 16.9 Å². The van der Waals surface area contributed by atoms with Crippen LogP contribution in [-0.4, -0.2) is 32.8 Å². The average Bonchev–Trinajstić information content (AvgIpc) is 3.05. The van der Waals surface area contributed by atoms with Gasteiger partial charge < -0.3 is 11.1 Å². The number of aromatic nitrogens is 3. The van der Waals surface area contributed by atoms with E-state index in [0.29, 0.717) is 27.8 Å². The lowest BCUT2D eigenvalue weighted by atomic mass is 9.87. The number of para-hydroxylation sites is 2. The molecule has 0 spiro atoms. The van der Waals surface area contributed by atoms with Gasteiger partial charge in [-0.15, -0.1) is 0 Å². The zero-order valence-corrected chi connectivity index (χ0v) is 19.8. The van der Waals surface area contributed by atoms with Gasteiger partial charge in [-0.05, 0) is 42.0 Å². The van der Waals surface area contributed by atoms with Gasteiger partial charge in [0.25, 0.3) is 5.91 Å². The molecule has 0 aliphatic heterocycles. The standard InChI is InChI=1S/C26H30N6O/c1-6-16(2)29-25(33)21-22-24(31-20-10-8-7-9-19(20)30-22)32(23(21)27)28-15-17-11-13-18(14-12-17)26(3,4)5/h7-16H,6,27H2,1-5H3,(H,29,33). The van der Waals surface area contributed by atoms with Crippen molar-refractivity contribution in [3.8, 4) is 0 Å². The molecule has 3 N–H and O–H groups in total. The molecule has 0 bridgehead atoms. The molecule has 2 heterocycles. The van der Waals surface area contributed by atoms with Crippen molar-refractivity contribution >= 4 is 40.1 Å². The second-order valence-corrected chi connectivity index (χ2v) is 9.36. The van der Waals surface area contributed by atoms with E-state index in [1.165, 1.54) is 10.2 Å². The number of nitrogens with one attached hydrogen (secondary N) is 1. The number of nitrogens with two attached hydrogens (primary N) is 1. The summed E-state index contributed by atoms with van der Waals surface area (Å²) in [5.74, 6) is -0.0661. The molecule has 7 nitrogen and oxygen atoms in total. The fourth-order valence-corrected chi connectivity index (χ4v) is 3.58. The molecular weight excluding hydrogens is 412 g/mol. The van der Waals surface area contributed by atoms with Crippen molar-refractivity contribution in [2.75, 3.05) is 5.73 Å². The van der Waals surface area contributed by atoms with Crippen molar-refractivity contribution in [2.24, 2.45) is 5.10 Å². The zero-order valence-electron chi connectivity index (χ0n) is 19.8. The molecule has 1 amide bonds. The molecule has 2 aromatic carbocycles. The van der Waals surface area contributed by atoms with Crippen LogP contribution in [0.3, 0.4) is 0 Å². The fraction of sp³-hybridized carbons (Fsp3) is 0.308. The highest BCUT2D eigenvalue weighted by molar-refractivity contribution is 6.10. The minimum atomic E-state index is -0.278. The summed E-state index contributed by atoms with van der Waals surface area (Å²) in [6.45, 7) is 10.5. The van der Waals surface area contributed by atoms with E-state index in [2.05, 4.69) is 43.3 Å². The van der Waals surface area contributed by atoms with Crippen LogP contribution in [0.15, 0.2) is 53.6 Å². The zero-order chi connectivity index (χ0) is 23.8. The third-order valence-electron chi connectivity index (χ3n) is 5.79. The van der Waals surface area contributed by atoms with Crippen LogP contribution in [0.25, 0.3) is 22.2 Å². The van der Waals surface area contributed by atoms with Crippen LogP contribution in [0.1, 0.15) is 62.5 Å². The largest absolute Gasteiger partial charge is 0.383 e. The van der Waals surface area contributed by atoms with Crippen molar-refractivity contribution in [1.29, 1.82) is 0 Å². The average molecular weight is 443 g/mol. The molecular formula is C26H30N6O. The van der Waals surface area contributed by atoms with Crippen LogP contribution in [0.5, 0.6) is 0 Å². The quantitative estimate of drug-likeness (QED) is 0.431. The summed E-state index contributed by atoms with van der Waals surface area (Å²) in [7, 11) is 0. The number of anilines is 1. The maximum Gasteiger partial charge on any atom is 0.257 e. The SMILES string of the molecule is CCC(C)NC(=O)c1c(N)n(N=Cc2ccc(C(C)(C)C)cc2)c2nc3ccccc3nc12. The van der Waals surface area contributed by atoms with Gasteiger partial charge in [-0.3, -0.25) is 4.79 Å². The van der Waals surface area contributed by atoms with Gasteiger partial charge in [-0.2, -0.15) is 9.78 Å². The molecule has 0 fully saturated rings. The molecule has 170 valence electrons. The highest BCUT2D eigenvalue weighted by Gasteiger charge is 2.24. The normalized spacial score (nSPS) is 13.1. The lowest BCUT2D eigenvalue weighted by molar-refractivity contribution is 0.0941. The highest BCUT2D eigenvalue weighted by Crippen LogP contribution is 2.28. The summed E-state index contributed by atoms with van der Waals surface area (Å²) in [6.07, 6.45) is 2.52. The summed E-state index contributed by atoms with van der Waals surface area (Å²) < 4.78 is 1.50. The second kappa shape index (κ2) is 8.65. The molecule has 1 unspecified atom stereocenters. The van der Waals surface area contributed by atoms with Gasteiger partial charge in [0.15, 0.2) is 5.65 Å². The van der Waals surface area contributed by atoms with E-state index in [-0.39, 0.29) is 23.2 Å². The van der Waals surface area contributed by atoms with Crippen LogP contribution in [0, 0.1) is 0 Å². The van der Waals surface area contributed by atoms with Crippen LogP contribution in [-0.2, 0) is 5.41 Å². The Hall–Kier alpha value is -3.74. The first-order valence-corrected chi connectivity index (χ1v) is 11.2. The number of carbonyl (C=O) groups excluding carboxylic acids is 1. The molecule has 2 aromatic heterocycles. The summed E-state index contributed by atoms with van der Waals surface area (Å²) in [5.41, 5.74) is 11.3. The third kappa shape index (κ3) is 4.44. The van der Waals surface area contributed by atoms with Crippen LogP contribution in [0.2, 0.25) is 0 Å². The first kappa shape index (κ1) is 22.5. The van der Waals surface area contributed by atoms with Crippen molar-refractivity contribution in [1.82, 2.24) is 20.0 Å². The van der Waals surface area contributed by atoms with Crippen molar-refractivity contribution < 1.29 is 4.79 Å². The van der Waals surface area contributed by atoms with Gasteiger partial charge in [0, 0.05) is 6.04 Å². The second-order valence-electron chi connectivity index (χ2n) is 9.36. The number of benzene rings is 2. The molecule has 4 aromatic rings. The van der Waals surface area contributed by atoms with E-state index >= 15 is 0 Å². The summed E-state index contributed by atoms with van der Waals surface area (Å²) >= 11 is 0. The molecule has 4 rings (SSSR count). The highest BCUT2D eigenvalue weighted by atomic mass is 16.1. The summed E-state index contributed by atoms with van der Waals surface area (Å²) in [5, 5.41) is 7.57. The van der Waals surface area contributed by atoms with Crippen LogP contribution < -0.4 is 11.1 Å². The molecule has 1 atom stereocenters. The number of nitrogens with zero attached hydrogens (tertiary/aromatic N) is 4. The monoisotopic (exact) mass is 442 g/mol. The third-order valence-corrected chi connectivity index (χ3v) is 5.79. The van der Waals surface area contributed by atoms with E-state index < -0.39 is 0 Å². The smallest absolute Gasteiger partial charge is 0.257 e. The molecule has 0 saturated heterocycles. The topological polar surface area (TPSA) is 98.2 Å². The first-order chi connectivity index (χ1) is 15.7. The van der Waals surface area contributed by atoms with E-state index in [4.69, 9.17) is 15.7 Å². The Balaban J connectivity index is 1.83. The number of fused-ring (bicyclic) bond motifs is 2. The van der Waals surface area contributed by atoms with Gasteiger partial charge in [0.05, 0.1) is 17.2 Å². The Morgan fingerprint density at radius 2 is 1.76 bits per heavy atom. The number of rotatable bonds is 5. The number of carbonyl (C=O) groups is 1. The van der Waals surface area contributed by atoms with E-state index in [1.807, 2.05) is 50.2 Å². The molecule has 0 aliphatic rings. The van der Waals surface area contributed by atoms with Crippen molar-refractivity contribution in [3.05, 3.63) is 65.2 Å². The van der Waals surface area contributed by atoms with E-state index in [0.717, 1.165) is 12.0 Å². The number of nitrogen functional groups attached to an aromatic ring is 1. The minimum absolute atomic E-state index is 0.00791. The van der Waals surface area contributed by atoms with Gasteiger partial charge in [-0.25, -0.2) is 9.97 Å². The number of hydrogen-bond donors (Lipinski definition) is 2. The van der Waals surface area contributed by atoms with Gasteiger partial charge in [-0.1, -0.05) is 64.1 Å². The predicted octanol–water partition coefficient (Wildman–Crippen LogP) is 4.87. The van der Waals surface area contributed by atoms with E-state index in [1.54, 1.807) is 6.21 Å². The summed E-state index contributed by atoms with van der Waals surface area (Å²) in [4.78, 5) is 22.5. The minimum Gasteiger partial charge on any atom is -0.383 e. The number of amides is 1. The van der Waals surface area contributed by atoms with Gasteiger partial charge >= 0.3 is 0 Å². The maximum atomic E-state index is 13.1. The van der Waals surface area contributed by atoms with Gasteiger partial charge in [0.2, 0.25) is 0 Å². The molecule has 7 heteroatoms. The van der Waals surface area contributed by atoms with Crippen molar-refractivity contribution in [3.63, 3.8) is 0 Å². The fourth-order valence-electron chi connectivity index (χ4n) is 3.58. The predicted molar refractivity (Wildman–Crippen MR) is 135 cm³/mol. The molecule has 0 saturated carbocycles. The Morgan fingerprint density at radius 3 is 2.36 bits per heavy atom.